The van der Waals surface area contributed by atoms with Crippen molar-refractivity contribution >= 4 is 15.9 Å². The topological polar surface area (TPSA) is 101 Å². The summed E-state index contributed by atoms with van der Waals surface area (Å²) in [5.41, 5.74) is 4.72. The number of carbonyl (C=O) groups is 1. The Morgan fingerprint density at radius 2 is 2.05 bits per heavy atom. The van der Waals surface area contributed by atoms with Crippen molar-refractivity contribution in [1.29, 1.82) is 0 Å². The number of nitrogens with two attached hydrogens (primary N) is 1. The van der Waals surface area contributed by atoms with Crippen molar-refractivity contribution < 1.29 is 13.2 Å². The molecule has 1 rings (SSSR count). The lowest BCUT2D eigenvalue weighted by Gasteiger charge is -2.31. The predicted octanol–water partition coefficient (Wildman–Crippen LogP) is -0.0521. The highest BCUT2D eigenvalue weighted by atomic mass is 32.2. The minimum atomic E-state index is -3.30. The number of amides is 1. The maximum absolute atomic E-state index is 12.2. The summed E-state index contributed by atoms with van der Waals surface area (Å²) in [6.45, 7) is 5.56. The fraction of sp³-hybridized carbons (Fsp3) is 0.917. The Bertz CT molecular complexity index is 447. The van der Waals surface area contributed by atoms with E-state index in [-0.39, 0.29) is 18.5 Å². The van der Waals surface area contributed by atoms with Crippen LogP contribution in [0.4, 0.5) is 0 Å². The average Bonchev–Trinajstić information content (AvgIpc) is 2.54. The van der Waals surface area contributed by atoms with Gasteiger partial charge in [-0.3, -0.25) is 4.79 Å². The molecule has 0 aromatic carbocycles. The van der Waals surface area contributed by atoms with Crippen LogP contribution in [0.25, 0.3) is 0 Å². The van der Waals surface area contributed by atoms with Crippen LogP contribution in [0.5, 0.6) is 0 Å². The fourth-order valence-corrected chi connectivity index (χ4v) is 3.59. The molecule has 2 atom stereocenters. The van der Waals surface area contributed by atoms with Gasteiger partial charge in [-0.15, -0.1) is 0 Å². The van der Waals surface area contributed by atoms with Crippen LogP contribution in [0.1, 0.15) is 40.0 Å². The van der Waals surface area contributed by atoms with Gasteiger partial charge in [0.05, 0.1) is 11.7 Å². The van der Waals surface area contributed by atoms with Crippen LogP contribution in [0, 0.1) is 5.41 Å². The molecule has 0 aromatic rings. The van der Waals surface area contributed by atoms with Crippen molar-refractivity contribution in [2.45, 2.75) is 51.6 Å². The predicted molar refractivity (Wildman–Crippen MR) is 75.0 cm³/mol. The minimum Gasteiger partial charge on any atom is -0.354 e. The molecule has 1 fully saturated rings. The van der Waals surface area contributed by atoms with E-state index in [1.807, 2.05) is 6.92 Å². The molecule has 2 unspecified atom stereocenters. The molecule has 1 amide bonds. The Balaban J connectivity index is 2.59. The quantitative estimate of drug-likeness (QED) is 0.661. The summed E-state index contributed by atoms with van der Waals surface area (Å²) in [6, 6.07) is -0.126. The molecule has 0 radical (unpaired) electrons. The molecule has 1 saturated carbocycles. The SMILES string of the molecule is CC(C)(CNC(=O)C1(C)CCCC1N)NS(C)(=O)=O. The van der Waals surface area contributed by atoms with Crippen LogP contribution in [0.3, 0.4) is 0 Å². The number of nitrogens with one attached hydrogen (secondary N) is 2. The second-order valence-corrected chi connectivity index (χ2v) is 8.11. The van der Waals surface area contributed by atoms with E-state index in [0.717, 1.165) is 25.5 Å². The molecule has 19 heavy (non-hydrogen) atoms. The van der Waals surface area contributed by atoms with Gasteiger partial charge in [-0.25, -0.2) is 13.1 Å². The Labute approximate surface area is 115 Å². The van der Waals surface area contributed by atoms with Gasteiger partial charge in [0, 0.05) is 18.1 Å². The van der Waals surface area contributed by atoms with Gasteiger partial charge >= 0.3 is 0 Å². The van der Waals surface area contributed by atoms with Crippen LogP contribution in [0.2, 0.25) is 0 Å². The van der Waals surface area contributed by atoms with Crippen molar-refractivity contribution in [2.75, 3.05) is 12.8 Å². The Kier molecular flexibility index (Phi) is 4.64. The second-order valence-electron chi connectivity index (χ2n) is 6.36. The molecule has 0 spiro atoms. The van der Waals surface area contributed by atoms with Crippen molar-refractivity contribution in [3.05, 3.63) is 0 Å². The molecule has 1 aliphatic rings. The lowest BCUT2D eigenvalue weighted by Crippen LogP contribution is -2.55. The highest BCUT2D eigenvalue weighted by Crippen LogP contribution is 2.36. The lowest BCUT2D eigenvalue weighted by molar-refractivity contribution is -0.130. The van der Waals surface area contributed by atoms with Gasteiger partial charge in [0.2, 0.25) is 15.9 Å². The Morgan fingerprint density at radius 3 is 2.47 bits per heavy atom. The van der Waals surface area contributed by atoms with Gasteiger partial charge in [-0.05, 0) is 33.6 Å². The van der Waals surface area contributed by atoms with E-state index >= 15 is 0 Å². The maximum Gasteiger partial charge on any atom is 0.227 e. The Hall–Kier alpha value is -0.660. The monoisotopic (exact) mass is 291 g/mol. The zero-order valence-corrected chi connectivity index (χ0v) is 12.9. The van der Waals surface area contributed by atoms with Crippen molar-refractivity contribution in [3.8, 4) is 0 Å². The van der Waals surface area contributed by atoms with Gasteiger partial charge in [-0.1, -0.05) is 6.42 Å². The van der Waals surface area contributed by atoms with Crippen molar-refractivity contribution in [1.82, 2.24) is 10.0 Å². The first kappa shape index (κ1) is 16.4. The summed E-state index contributed by atoms with van der Waals surface area (Å²) < 4.78 is 24.9. The molecule has 6 nitrogen and oxygen atoms in total. The van der Waals surface area contributed by atoms with Crippen molar-refractivity contribution in [2.24, 2.45) is 11.1 Å². The number of carbonyl (C=O) groups excluding carboxylic acids is 1. The van der Waals surface area contributed by atoms with Gasteiger partial charge in [0.1, 0.15) is 0 Å². The van der Waals surface area contributed by atoms with Gasteiger partial charge in [-0.2, -0.15) is 0 Å². The first-order chi connectivity index (χ1) is 8.46. The molecule has 112 valence electrons. The van der Waals surface area contributed by atoms with E-state index in [9.17, 15) is 13.2 Å². The van der Waals surface area contributed by atoms with E-state index < -0.39 is 21.0 Å². The molecule has 4 N–H and O–H groups in total. The molecule has 1 aliphatic carbocycles. The van der Waals surface area contributed by atoms with Crippen LogP contribution in [0.15, 0.2) is 0 Å². The zero-order chi connectivity index (χ0) is 14.9. The van der Waals surface area contributed by atoms with Crippen molar-refractivity contribution in [3.63, 3.8) is 0 Å². The summed E-state index contributed by atoms with van der Waals surface area (Å²) in [4.78, 5) is 12.2. The minimum absolute atomic E-state index is 0.0964. The van der Waals surface area contributed by atoms with Gasteiger partial charge < -0.3 is 11.1 Å². The number of rotatable bonds is 5. The third kappa shape index (κ3) is 4.43. The summed E-state index contributed by atoms with van der Waals surface area (Å²) in [6.07, 6.45) is 3.69. The van der Waals surface area contributed by atoms with E-state index in [1.165, 1.54) is 0 Å². The first-order valence-electron chi connectivity index (χ1n) is 6.49. The molecular weight excluding hydrogens is 266 g/mol. The highest BCUT2D eigenvalue weighted by Gasteiger charge is 2.43. The highest BCUT2D eigenvalue weighted by molar-refractivity contribution is 7.88. The smallest absolute Gasteiger partial charge is 0.227 e. The third-order valence-electron chi connectivity index (χ3n) is 3.70. The van der Waals surface area contributed by atoms with E-state index in [0.29, 0.717) is 0 Å². The standard InChI is InChI=1S/C12H25N3O3S/c1-11(2,15-19(4,17)18)8-14-10(16)12(3)7-5-6-9(12)13/h9,15H,5-8,13H2,1-4H3,(H,14,16). The zero-order valence-electron chi connectivity index (χ0n) is 12.1. The molecule has 0 aliphatic heterocycles. The molecule has 0 aromatic heterocycles. The van der Waals surface area contributed by atoms with Gasteiger partial charge in [0.25, 0.3) is 0 Å². The summed E-state index contributed by atoms with van der Waals surface area (Å²) in [5, 5.41) is 2.81. The number of hydrogen-bond donors (Lipinski definition) is 3. The summed E-state index contributed by atoms with van der Waals surface area (Å²) in [5.74, 6) is -0.0964. The lowest BCUT2D eigenvalue weighted by atomic mass is 9.84. The molecule has 7 heteroatoms. The average molecular weight is 291 g/mol. The first-order valence-corrected chi connectivity index (χ1v) is 8.38. The van der Waals surface area contributed by atoms with Crippen LogP contribution < -0.4 is 15.8 Å². The van der Waals surface area contributed by atoms with E-state index in [4.69, 9.17) is 5.73 Å². The fourth-order valence-electron chi connectivity index (χ4n) is 2.52. The molecule has 0 heterocycles. The van der Waals surface area contributed by atoms with Gasteiger partial charge in [0.15, 0.2) is 0 Å². The van der Waals surface area contributed by atoms with Crippen LogP contribution in [-0.4, -0.2) is 38.7 Å². The van der Waals surface area contributed by atoms with Crippen LogP contribution >= 0.6 is 0 Å². The normalized spacial score (nSPS) is 28.4. The molecular formula is C12H25N3O3S. The van der Waals surface area contributed by atoms with E-state index in [1.54, 1.807) is 13.8 Å². The summed E-state index contributed by atoms with van der Waals surface area (Å²) >= 11 is 0. The number of sulfonamides is 1. The van der Waals surface area contributed by atoms with E-state index in [2.05, 4.69) is 10.0 Å². The molecule has 0 bridgehead atoms. The maximum atomic E-state index is 12.2. The largest absolute Gasteiger partial charge is 0.354 e. The summed E-state index contributed by atoms with van der Waals surface area (Å²) in [7, 11) is -3.30. The second kappa shape index (κ2) is 5.38. The number of hydrogen-bond acceptors (Lipinski definition) is 4. The Morgan fingerprint density at radius 1 is 1.47 bits per heavy atom. The molecule has 0 saturated heterocycles. The third-order valence-corrected chi connectivity index (χ3v) is 4.62. The van der Waals surface area contributed by atoms with Crippen LogP contribution in [-0.2, 0) is 14.8 Å².